The van der Waals surface area contributed by atoms with E-state index >= 15 is 0 Å². The molecule has 0 spiro atoms. The highest BCUT2D eigenvalue weighted by molar-refractivity contribution is 6.13. The first-order chi connectivity index (χ1) is 21.2. The predicted octanol–water partition coefficient (Wildman–Crippen LogP) is 9.33. The number of rotatable bonds is 4. The number of aromatic nitrogens is 3. The van der Waals surface area contributed by atoms with Crippen LogP contribution in [0.1, 0.15) is 5.56 Å². The fourth-order valence-corrected chi connectivity index (χ4v) is 6.13. The minimum atomic E-state index is 0.638. The van der Waals surface area contributed by atoms with Gasteiger partial charge in [0.25, 0.3) is 0 Å². The third-order valence-corrected chi connectivity index (χ3v) is 8.32. The van der Waals surface area contributed by atoms with Crippen molar-refractivity contribution in [3.05, 3.63) is 139 Å². The Kier molecular flexibility index (Phi) is 5.86. The largest absolute Gasteiger partial charge is 0.454 e. The number of fused-ring (bicyclic) bond motifs is 4. The van der Waals surface area contributed by atoms with E-state index in [-0.39, 0.29) is 0 Å². The first kappa shape index (κ1) is 25.1. The van der Waals surface area contributed by atoms with Crippen LogP contribution in [0.3, 0.4) is 0 Å². The van der Waals surface area contributed by atoms with Crippen molar-refractivity contribution in [1.29, 1.82) is 0 Å². The number of aryl methyl sites for hydroxylation is 2. The zero-order valence-electron chi connectivity index (χ0n) is 24.0. The van der Waals surface area contributed by atoms with E-state index in [9.17, 15) is 0 Å². The van der Waals surface area contributed by atoms with Crippen molar-refractivity contribution in [2.45, 2.75) is 6.92 Å². The molecule has 8 aromatic rings. The van der Waals surface area contributed by atoms with Gasteiger partial charge in [-0.05, 0) is 36.8 Å². The monoisotopic (exact) mass is 554 g/mol. The highest BCUT2D eigenvalue weighted by Gasteiger charge is 2.24. The van der Waals surface area contributed by atoms with Gasteiger partial charge < -0.3 is 4.42 Å². The maximum absolute atomic E-state index is 6.87. The molecular weight excluding hydrogens is 526 g/mol. The molecule has 0 N–H and O–H groups in total. The fourth-order valence-electron chi connectivity index (χ4n) is 6.13. The summed E-state index contributed by atoms with van der Waals surface area (Å²) in [5.41, 5.74) is 10.9. The molecule has 4 heteroatoms. The van der Waals surface area contributed by atoms with Crippen LogP contribution in [0.4, 0.5) is 0 Å². The Balaban J connectivity index is 1.39. The first-order valence-corrected chi connectivity index (χ1v) is 14.5. The topological polar surface area (TPSA) is 42.8 Å². The molecule has 5 aromatic carbocycles. The Morgan fingerprint density at radius 2 is 1.23 bits per heavy atom. The van der Waals surface area contributed by atoms with Crippen LogP contribution < -0.4 is 4.57 Å². The van der Waals surface area contributed by atoms with Gasteiger partial charge in [-0.15, -0.1) is 0 Å². The van der Waals surface area contributed by atoms with Crippen LogP contribution in [0.5, 0.6) is 0 Å². The molecule has 0 bridgehead atoms. The number of para-hydroxylation sites is 2. The van der Waals surface area contributed by atoms with E-state index in [1.165, 1.54) is 10.9 Å². The number of hydrogen-bond donors (Lipinski definition) is 0. The van der Waals surface area contributed by atoms with Gasteiger partial charge in [-0.1, -0.05) is 97.1 Å². The lowest BCUT2D eigenvalue weighted by molar-refractivity contribution is -0.633. The van der Waals surface area contributed by atoms with E-state index in [2.05, 4.69) is 116 Å². The van der Waals surface area contributed by atoms with Gasteiger partial charge in [0.1, 0.15) is 18.2 Å². The molecule has 0 unspecified atom stereocenters. The van der Waals surface area contributed by atoms with Gasteiger partial charge >= 0.3 is 0 Å². The lowest BCUT2D eigenvalue weighted by atomic mass is 9.99. The van der Waals surface area contributed by atoms with Crippen molar-refractivity contribution >= 4 is 32.8 Å². The Bertz CT molecular complexity index is 2250. The Morgan fingerprint density at radius 3 is 1.95 bits per heavy atom. The molecule has 0 amide bonds. The average Bonchev–Trinajstić information content (AvgIpc) is 3.45. The highest BCUT2D eigenvalue weighted by Crippen LogP contribution is 2.40. The Hall–Kier alpha value is -5.61. The van der Waals surface area contributed by atoms with E-state index in [4.69, 9.17) is 14.4 Å². The molecule has 0 aliphatic heterocycles. The highest BCUT2D eigenvalue weighted by atomic mass is 16.3. The number of benzene rings is 5. The van der Waals surface area contributed by atoms with Gasteiger partial charge in [0.15, 0.2) is 5.82 Å². The van der Waals surface area contributed by atoms with Crippen molar-refractivity contribution in [1.82, 2.24) is 9.97 Å². The second-order valence-electron chi connectivity index (χ2n) is 10.9. The smallest absolute Gasteiger partial charge is 0.216 e. The number of nitrogens with zero attached hydrogens (tertiary/aromatic N) is 3. The van der Waals surface area contributed by atoms with Crippen molar-refractivity contribution in [2.75, 3.05) is 0 Å². The van der Waals surface area contributed by atoms with Crippen molar-refractivity contribution in [2.24, 2.45) is 7.05 Å². The molecule has 3 heterocycles. The van der Waals surface area contributed by atoms with Gasteiger partial charge in [0, 0.05) is 39.4 Å². The zero-order chi connectivity index (χ0) is 28.9. The third-order valence-electron chi connectivity index (χ3n) is 8.32. The second-order valence-corrected chi connectivity index (χ2v) is 10.9. The van der Waals surface area contributed by atoms with Crippen LogP contribution in [0.15, 0.2) is 138 Å². The summed E-state index contributed by atoms with van der Waals surface area (Å²) in [5, 5.41) is 3.33. The molecule has 0 aliphatic rings. The maximum atomic E-state index is 6.87. The van der Waals surface area contributed by atoms with Crippen LogP contribution in [0.25, 0.3) is 78.0 Å². The molecule has 0 radical (unpaired) electrons. The molecule has 3 aromatic heterocycles. The summed E-state index contributed by atoms with van der Waals surface area (Å²) < 4.78 is 9.12. The van der Waals surface area contributed by atoms with Gasteiger partial charge in [-0.2, -0.15) is 4.57 Å². The minimum absolute atomic E-state index is 0.638. The molecule has 43 heavy (non-hydrogen) atoms. The quantitative estimate of drug-likeness (QED) is 0.204. The van der Waals surface area contributed by atoms with Crippen LogP contribution in [-0.4, -0.2) is 9.97 Å². The van der Waals surface area contributed by atoms with Gasteiger partial charge in [-0.3, -0.25) is 0 Å². The SMILES string of the molecule is Cc1ccc2c(oc3c(-c4nc(-c5ccccc5)cc(-c5ccccc5)n4)cccc32)c1-c1ccc2ccccc2[n+]1C. The standard InChI is InChI=1S/C39H28N3O/c1-25-20-22-30-29-17-11-18-31(37(29)43-38(30)36(25)35-23-21-28-16-9-10-19-34(28)42(35)2)39-40-32(26-12-5-3-6-13-26)24-33(41-39)27-14-7-4-8-15-27/h3-24H,1-2H3/q+1. The van der Waals surface area contributed by atoms with E-state index < -0.39 is 0 Å². The minimum Gasteiger partial charge on any atom is -0.454 e. The molecule has 0 fully saturated rings. The second kappa shape index (κ2) is 10.0. The van der Waals surface area contributed by atoms with Gasteiger partial charge in [0.2, 0.25) is 11.2 Å². The zero-order valence-corrected chi connectivity index (χ0v) is 24.0. The summed E-state index contributed by atoms with van der Waals surface area (Å²) in [4.78, 5) is 10.2. The molecular formula is C39H28N3O+. The third kappa shape index (κ3) is 4.19. The van der Waals surface area contributed by atoms with Crippen molar-refractivity contribution < 1.29 is 8.98 Å². The Morgan fingerprint density at radius 1 is 0.581 bits per heavy atom. The molecule has 0 aliphatic carbocycles. The van der Waals surface area contributed by atoms with E-state index in [1.54, 1.807) is 0 Å². The maximum Gasteiger partial charge on any atom is 0.216 e. The number of hydrogen-bond acceptors (Lipinski definition) is 3. The lowest BCUT2D eigenvalue weighted by Gasteiger charge is -2.09. The predicted molar refractivity (Wildman–Crippen MR) is 174 cm³/mol. The van der Waals surface area contributed by atoms with Crippen molar-refractivity contribution in [3.8, 4) is 45.2 Å². The number of pyridine rings is 1. The van der Waals surface area contributed by atoms with Gasteiger partial charge in [0.05, 0.1) is 22.5 Å². The van der Waals surface area contributed by atoms with E-state index in [1.807, 2.05) is 36.4 Å². The van der Waals surface area contributed by atoms with Crippen molar-refractivity contribution in [3.63, 3.8) is 0 Å². The summed E-state index contributed by atoms with van der Waals surface area (Å²) in [5.74, 6) is 0.638. The van der Waals surface area contributed by atoms with Crippen LogP contribution in [0.2, 0.25) is 0 Å². The molecule has 0 saturated heterocycles. The summed E-state index contributed by atoms with van der Waals surface area (Å²) >= 11 is 0. The molecule has 0 atom stereocenters. The Labute approximate surface area is 249 Å². The lowest BCUT2D eigenvalue weighted by Crippen LogP contribution is -2.32. The molecule has 204 valence electrons. The van der Waals surface area contributed by atoms with E-state index in [0.717, 1.165) is 66.8 Å². The van der Waals surface area contributed by atoms with E-state index in [0.29, 0.717) is 5.82 Å². The fraction of sp³-hybridized carbons (Fsp3) is 0.0513. The molecule has 8 rings (SSSR count). The summed E-state index contributed by atoms with van der Waals surface area (Å²) in [6, 6.07) is 46.1. The normalized spacial score (nSPS) is 11.5. The summed E-state index contributed by atoms with van der Waals surface area (Å²) in [7, 11) is 2.12. The van der Waals surface area contributed by atoms with Crippen LogP contribution >= 0.6 is 0 Å². The van der Waals surface area contributed by atoms with Gasteiger partial charge in [-0.25, -0.2) is 9.97 Å². The molecule has 4 nitrogen and oxygen atoms in total. The average molecular weight is 555 g/mol. The number of furan rings is 1. The summed E-state index contributed by atoms with van der Waals surface area (Å²) in [6.07, 6.45) is 0. The molecule has 0 saturated carbocycles. The first-order valence-electron chi connectivity index (χ1n) is 14.5. The van der Waals surface area contributed by atoms with Crippen LogP contribution in [-0.2, 0) is 7.05 Å². The van der Waals surface area contributed by atoms with Crippen LogP contribution in [0, 0.1) is 6.92 Å². The summed E-state index contributed by atoms with van der Waals surface area (Å²) in [6.45, 7) is 2.15.